The Kier molecular flexibility index (Phi) is 4.56. The molecule has 1 N–H and O–H groups in total. The van der Waals surface area contributed by atoms with Crippen LogP contribution in [0.1, 0.15) is 13.8 Å². The molecule has 0 aliphatic carbocycles. The van der Waals surface area contributed by atoms with Crippen molar-refractivity contribution < 1.29 is 13.5 Å². The molecule has 0 heterocycles. The highest BCUT2D eigenvalue weighted by Crippen LogP contribution is 2.17. The van der Waals surface area contributed by atoms with Gasteiger partial charge >= 0.3 is 0 Å². The average molecular weight is 369 g/mol. The first-order valence-electron chi connectivity index (χ1n) is 5.07. The van der Waals surface area contributed by atoms with Crippen molar-refractivity contribution in [3.8, 4) is 0 Å². The van der Waals surface area contributed by atoms with E-state index >= 15 is 0 Å². The second kappa shape index (κ2) is 5.21. The molecule has 6 heteroatoms. The number of halogens is 1. The third-order valence-electron chi connectivity index (χ3n) is 2.13. The van der Waals surface area contributed by atoms with Gasteiger partial charge in [0, 0.05) is 17.2 Å². The van der Waals surface area contributed by atoms with E-state index in [1.807, 2.05) is 0 Å². The fraction of sp³-hybridized carbons (Fsp3) is 0.455. The van der Waals surface area contributed by atoms with Crippen molar-refractivity contribution >= 4 is 32.6 Å². The van der Waals surface area contributed by atoms with Crippen molar-refractivity contribution in [2.45, 2.75) is 24.3 Å². The second-order valence-corrected chi connectivity index (χ2v) is 7.82. The number of sulfonamides is 1. The average Bonchev–Trinajstić information content (AvgIpc) is 2.15. The van der Waals surface area contributed by atoms with Gasteiger partial charge in [-0.25, -0.2) is 8.42 Å². The van der Waals surface area contributed by atoms with Crippen molar-refractivity contribution in [3.63, 3.8) is 0 Å². The van der Waals surface area contributed by atoms with Gasteiger partial charge in [0.2, 0.25) is 10.0 Å². The Bertz CT molecular complexity index is 476. The van der Waals surface area contributed by atoms with E-state index in [0.29, 0.717) is 0 Å². The Labute approximate surface area is 116 Å². The van der Waals surface area contributed by atoms with E-state index in [0.717, 1.165) is 7.88 Å². The Morgan fingerprint density at radius 2 is 1.76 bits per heavy atom. The molecule has 0 amide bonds. The van der Waals surface area contributed by atoms with E-state index in [1.165, 1.54) is 7.05 Å². The zero-order valence-corrected chi connectivity index (χ0v) is 13.0. The van der Waals surface area contributed by atoms with Crippen molar-refractivity contribution in [2.75, 3.05) is 13.6 Å². The van der Waals surface area contributed by atoms with Crippen LogP contribution in [0.5, 0.6) is 0 Å². The summed E-state index contributed by atoms with van der Waals surface area (Å²) in [5.74, 6) is 0. The summed E-state index contributed by atoms with van der Waals surface area (Å²) in [5, 5.41) is 9.64. The summed E-state index contributed by atoms with van der Waals surface area (Å²) in [5.41, 5.74) is -1.05. The lowest BCUT2D eigenvalue weighted by Gasteiger charge is -2.25. The van der Waals surface area contributed by atoms with Crippen molar-refractivity contribution in [1.82, 2.24) is 4.31 Å². The Balaban J connectivity index is 2.99. The summed E-state index contributed by atoms with van der Waals surface area (Å²) >= 11 is 2.12. The van der Waals surface area contributed by atoms with Crippen molar-refractivity contribution in [1.29, 1.82) is 0 Å². The molecule has 0 fully saturated rings. The number of nitrogens with zero attached hydrogens (tertiary/aromatic N) is 1. The Morgan fingerprint density at radius 3 is 2.18 bits per heavy atom. The SMILES string of the molecule is CN(CC(C)(C)O)S(=O)(=O)c1ccc(I)cc1. The molecule has 0 unspecified atom stereocenters. The van der Waals surface area contributed by atoms with Crippen LogP contribution >= 0.6 is 22.6 Å². The first kappa shape index (κ1) is 14.9. The lowest BCUT2D eigenvalue weighted by molar-refractivity contribution is 0.0640. The topological polar surface area (TPSA) is 57.6 Å². The van der Waals surface area contributed by atoms with Crippen LogP contribution in [0.4, 0.5) is 0 Å². The van der Waals surface area contributed by atoms with Crippen LogP contribution in [0.3, 0.4) is 0 Å². The molecule has 1 aromatic rings. The summed E-state index contributed by atoms with van der Waals surface area (Å²) < 4.78 is 26.4. The monoisotopic (exact) mass is 369 g/mol. The predicted octanol–water partition coefficient (Wildman–Crippen LogP) is 1.68. The van der Waals surface area contributed by atoms with E-state index in [1.54, 1.807) is 38.1 Å². The molecule has 1 aromatic carbocycles. The smallest absolute Gasteiger partial charge is 0.242 e. The summed E-state index contributed by atoms with van der Waals surface area (Å²) in [6.07, 6.45) is 0. The standard InChI is InChI=1S/C11H16INO3S/c1-11(2,14)8-13(3)17(15,16)10-6-4-9(12)5-7-10/h4-7,14H,8H2,1-3H3. The highest BCUT2D eigenvalue weighted by Gasteiger charge is 2.26. The van der Waals surface area contributed by atoms with E-state index < -0.39 is 15.6 Å². The van der Waals surface area contributed by atoms with Gasteiger partial charge in [0.1, 0.15) is 0 Å². The highest BCUT2D eigenvalue weighted by molar-refractivity contribution is 14.1. The molecule has 96 valence electrons. The highest BCUT2D eigenvalue weighted by atomic mass is 127. The van der Waals surface area contributed by atoms with Crippen LogP contribution < -0.4 is 0 Å². The summed E-state index contributed by atoms with van der Waals surface area (Å²) in [6, 6.07) is 6.62. The van der Waals surface area contributed by atoms with Crippen LogP contribution in [-0.4, -0.2) is 37.0 Å². The van der Waals surface area contributed by atoms with Crippen molar-refractivity contribution in [3.05, 3.63) is 27.8 Å². The molecule has 0 saturated carbocycles. The molecule has 0 aliphatic rings. The van der Waals surface area contributed by atoms with Gasteiger partial charge in [-0.1, -0.05) is 0 Å². The lowest BCUT2D eigenvalue weighted by atomic mass is 10.1. The first-order valence-corrected chi connectivity index (χ1v) is 7.59. The van der Waals surface area contributed by atoms with Gasteiger partial charge < -0.3 is 5.11 Å². The van der Waals surface area contributed by atoms with E-state index in [2.05, 4.69) is 22.6 Å². The molecular formula is C11H16INO3S. The quantitative estimate of drug-likeness (QED) is 0.822. The maximum Gasteiger partial charge on any atom is 0.242 e. The minimum absolute atomic E-state index is 0.0569. The van der Waals surface area contributed by atoms with Gasteiger partial charge in [-0.3, -0.25) is 0 Å². The summed E-state index contributed by atoms with van der Waals surface area (Å²) in [7, 11) is -2.06. The maximum atomic E-state index is 12.1. The summed E-state index contributed by atoms with van der Waals surface area (Å²) in [6.45, 7) is 3.21. The van der Waals surface area contributed by atoms with Gasteiger partial charge in [0.15, 0.2) is 0 Å². The number of rotatable bonds is 4. The molecule has 4 nitrogen and oxygen atoms in total. The normalized spacial score (nSPS) is 13.1. The van der Waals surface area contributed by atoms with Crippen LogP contribution in [0.25, 0.3) is 0 Å². The molecule has 0 bridgehead atoms. The third-order valence-corrected chi connectivity index (χ3v) is 4.67. The largest absolute Gasteiger partial charge is 0.389 e. The van der Waals surface area contributed by atoms with Gasteiger partial charge in [0.05, 0.1) is 10.5 Å². The first-order chi connectivity index (χ1) is 7.63. The van der Waals surface area contributed by atoms with E-state index in [9.17, 15) is 13.5 Å². The fourth-order valence-corrected chi connectivity index (χ4v) is 3.10. The number of likely N-dealkylation sites (N-methyl/N-ethyl adjacent to an activating group) is 1. The van der Waals surface area contributed by atoms with Gasteiger partial charge in [-0.05, 0) is 60.7 Å². The molecule has 0 radical (unpaired) electrons. The third kappa shape index (κ3) is 4.20. The molecule has 0 aliphatic heterocycles. The Hall–Kier alpha value is -0.180. The van der Waals surface area contributed by atoms with Gasteiger partial charge in [0.25, 0.3) is 0 Å². The molecule has 0 atom stereocenters. The van der Waals surface area contributed by atoms with Crippen LogP contribution in [0.2, 0.25) is 0 Å². The molecule has 0 saturated heterocycles. The number of hydrogen-bond acceptors (Lipinski definition) is 3. The predicted molar refractivity (Wildman–Crippen MR) is 75.3 cm³/mol. The molecule has 17 heavy (non-hydrogen) atoms. The van der Waals surface area contributed by atoms with Crippen LogP contribution in [0, 0.1) is 3.57 Å². The van der Waals surface area contributed by atoms with Crippen molar-refractivity contribution in [2.24, 2.45) is 0 Å². The summed E-state index contributed by atoms with van der Waals surface area (Å²) in [4.78, 5) is 0.240. The molecule has 0 aromatic heterocycles. The minimum Gasteiger partial charge on any atom is -0.389 e. The molecular weight excluding hydrogens is 353 g/mol. The van der Waals surface area contributed by atoms with Crippen LogP contribution in [0.15, 0.2) is 29.2 Å². The maximum absolute atomic E-state index is 12.1. The lowest BCUT2D eigenvalue weighted by Crippen LogP contribution is -2.39. The zero-order valence-electron chi connectivity index (χ0n) is 10.0. The molecule has 1 rings (SSSR count). The number of hydrogen-bond donors (Lipinski definition) is 1. The number of benzene rings is 1. The zero-order chi connectivity index (χ0) is 13.3. The second-order valence-electron chi connectivity index (χ2n) is 4.53. The van der Waals surface area contributed by atoms with Gasteiger partial charge in [-0.15, -0.1) is 0 Å². The van der Waals surface area contributed by atoms with E-state index in [-0.39, 0.29) is 11.4 Å². The van der Waals surface area contributed by atoms with E-state index in [4.69, 9.17) is 0 Å². The van der Waals surface area contributed by atoms with Gasteiger partial charge in [-0.2, -0.15) is 4.31 Å². The number of aliphatic hydroxyl groups is 1. The molecule has 0 spiro atoms. The minimum atomic E-state index is -3.52. The van der Waals surface area contributed by atoms with Crippen LogP contribution in [-0.2, 0) is 10.0 Å². The Morgan fingerprint density at radius 1 is 1.29 bits per heavy atom. The fourth-order valence-electron chi connectivity index (χ4n) is 1.42.